The van der Waals surface area contributed by atoms with Crippen molar-refractivity contribution in [1.29, 1.82) is 0 Å². The molecule has 0 aliphatic rings. The van der Waals surface area contributed by atoms with Crippen molar-refractivity contribution < 1.29 is 0 Å². The quantitative estimate of drug-likeness (QED) is 0.593. The first kappa shape index (κ1) is 14.0. The lowest BCUT2D eigenvalue weighted by molar-refractivity contribution is 0.364. The fourth-order valence-corrected chi connectivity index (χ4v) is 3.08. The maximum atomic E-state index is 2.31. The van der Waals surface area contributed by atoms with Crippen LogP contribution in [0.15, 0.2) is 35.9 Å². The van der Waals surface area contributed by atoms with Crippen molar-refractivity contribution in [2.45, 2.75) is 48.5 Å². The van der Waals surface area contributed by atoms with Gasteiger partial charge in [-0.25, -0.2) is 0 Å². The molecular formula is C17H26. The Kier molecular flexibility index (Phi) is 3.86. The minimum atomic E-state index is 0.207. The predicted molar refractivity (Wildman–Crippen MR) is 77.9 cm³/mol. The van der Waals surface area contributed by atoms with Crippen LogP contribution in [0.4, 0.5) is 0 Å². The fraction of sp³-hybridized carbons (Fsp3) is 0.529. The molecule has 17 heavy (non-hydrogen) atoms. The van der Waals surface area contributed by atoms with Crippen LogP contribution in [-0.2, 0) is 0 Å². The Balaban J connectivity index is 3.41. The van der Waals surface area contributed by atoms with Crippen molar-refractivity contribution >= 4 is 5.57 Å². The first-order valence-corrected chi connectivity index (χ1v) is 6.41. The highest BCUT2D eigenvalue weighted by atomic mass is 14.3. The molecule has 94 valence electrons. The molecular weight excluding hydrogens is 204 g/mol. The summed E-state index contributed by atoms with van der Waals surface area (Å²) in [5.74, 6) is 0. The summed E-state index contributed by atoms with van der Waals surface area (Å²) in [6.07, 6.45) is 0. The molecule has 0 N–H and O–H groups in total. The molecule has 1 aromatic carbocycles. The van der Waals surface area contributed by atoms with Gasteiger partial charge in [-0.1, -0.05) is 77.4 Å². The van der Waals surface area contributed by atoms with Crippen molar-refractivity contribution in [3.8, 4) is 0 Å². The van der Waals surface area contributed by atoms with Crippen LogP contribution in [0.3, 0.4) is 0 Å². The molecule has 0 saturated carbocycles. The van der Waals surface area contributed by atoms with E-state index < -0.39 is 0 Å². The summed E-state index contributed by atoms with van der Waals surface area (Å²) >= 11 is 0. The Hall–Kier alpha value is -1.04. The van der Waals surface area contributed by atoms with E-state index in [-0.39, 0.29) is 10.8 Å². The van der Waals surface area contributed by atoms with Crippen LogP contribution < -0.4 is 0 Å². The van der Waals surface area contributed by atoms with Crippen molar-refractivity contribution in [1.82, 2.24) is 0 Å². The number of benzene rings is 1. The Morgan fingerprint density at radius 3 is 1.53 bits per heavy atom. The summed E-state index contributed by atoms with van der Waals surface area (Å²) in [7, 11) is 0. The zero-order chi connectivity index (χ0) is 13.3. The van der Waals surface area contributed by atoms with Crippen LogP contribution in [0, 0.1) is 10.8 Å². The van der Waals surface area contributed by atoms with Crippen molar-refractivity contribution in [3.05, 3.63) is 41.5 Å². The lowest BCUT2D eigenvalue weighted by Gasteiger charge is -2.36. The van der Waals surface area contributed by atoms with Gasteiger partial charge in [0.15, 0.2) is 0 Å². The Labute approximate surface area is 107 Å². The monoisotopic (exact) mass is 230 g/mol. The van der Waals surface area contributed by atoms with Crippen molar-refractivity contribution in [3.63, 3.8) is 0 Å². The standard InChI is InChI=1S/C17H26/c1-13(14-11-9-8-10-12-14)15(16(2,3)4)17(5,6)7/h8-12H,1-7H3. The number of allylic oxidation sites excluding steroid dienone is 2. The Morgan fingerprint density at radius 1 is 0.765 bits per heavy atom. The lowest BCUT2D eigenvalue weighted by atomic mass is 9.69. The number of hydrogen-bond acceptors (Lipinski definition) is 0. The molecule has 0 amide bonds. The third-order valence-electron chi connectivity index (χ3n) is 3.08. The van der Waals surface area contributed by atoms with Crippen LogP contribution >= 0.6 is 0 Å². The lowest BCUT2D eigenvalue weighted by Crippen LogP contribution is -2.23. The normalized spacial score (nSPS) is 12.4. The molecule has 0 fully saturated rings. The first-order chi connectivity index (χ1) is 7.64. The fourth-order valence-electron chi connectivity index (χ4n) is 3.08. The highest BCUT2D eigenvalue weighted by Crippen LogP contribution is 2.43. The first-order valence-electron chi connectivity index (χ1n) is 6.41. The van der Waals surface area contributed by atoms with E-state index in [2.05, 4.69) is 78.8 Å². The molecule has 0 aromatic heterocycles. The zero-order valence-corrected chi connectivity index (χ0v) is 12.4. The summed E-state index contributed by atoms with van der Waals surface area (Å²) in [6.45, 7) is 16.1. The van der Waals surface area contributed by atoms with Crippen molar-refractivity contribution in [2.75, 3.05) is 0 Å². The van der Waals surface area contributed by atoms with Gasteiger partial charge >= 0.3 is 0 Å². The van der Waals surface area contributed by atoms with Gasteiger partial charge in [0.2, 0.25) is 0 Å². The molecule has 0 atom stereocenters. The largest absolute Gasteiger partial charge is 0.0622 e. The van der Waals surface area contributed by atoms with E-state index in [1.165, 1.54) is 16.7 Å². The maximum Gasteiger partial charge on any atom is -0.0162 e. The second-order valence-electron chi connectivity index (χ2n) is 6.87. The van der Waals surface area contributed by atoms with Gasteiger partial charge in [0.05, 0.1) is 0 Å². The highest BCUT2D eigenvalue weighted by molar-refractivity contribution is 5.68. The smallest absolute Gasteiger partial charge is 0.0162 e. The Bertz CT molecular complexity index is 378. The van der Waals surface area contributed by atoms with E-state index >= 15 is 0 Å². The molecule has 0 radical (unpaired) electrons. The van der Waals surface area contributed by atoms with E-state index in [9.17, 15) is 0 Å². The maximum absolute atomic E-state index is 2.31. The molecule has 0 spiro atoms. The highest BCUT2D eigenvalue weighted by Gasteiger charge is 2.29. The van der Waals surface area contributed by atoms with Crippen LogP contribution in [0.25, 0.3) is 5.57 Å². The van der Waals surface area contributed by atoms with Crippen LogP contribution in [0.1, 0.15) is 54.0 Å². The second kappa shape index (κ2) is 4.68. The van der Waals surface area contributed by atoms with Crippen LogP contribution in [0.2, 0.25) is 0 Å². The Morgan fingerprint density at radius 2 is 1.18 bits per heavy atom. The average molecular weight is 230 g/mol. The molecule has 0 bridgehead atoms. The average Bonchev–Trinajstić information content (AvgIpc) is 2.14. The van der Waals surface area contributed by atoms with Gasteiger partial charge in [0, 0.05) is 0 Å². The minimum absolute atomic E-state index is 0.207. The zero-order valence-electron chi connectivity index (χ0n) is 12.4. The van der Waals surface area contributed by atoms with Gasteiger partial charge in [-0.3, -0.25) is 0 Å². The van der Waals surface area contributed by atoms with E-state index in [0.29, 0.717) is 0 Å². The van der Waals surface area contributed by atoms with E-state index in [4.69, 9.17) is 0 Å². The summed E-state index contributed by atoms with van der Waals surface area (Å²) in [6, 6.07) is 10.7. The van der Waals surface area contributed by atoms with Gasteiger partial charge in [0.1, 0.15) is 0 Å². The topological polar surface area (TPSA) is 0 Å². The van der Waals surface area contributed by atoms with E-state index in [1.54, 1.807) is 0 Å². The van der Waals surface area contributed by atoms with Gasteiger partial charge in [-0.15, -0.1) is 0 Å². The van der Waals surface area contributed by atoms with E-state index in [0.717, 1.165) is 0 Å². The molecule has 0 aliphatic heterocycles. The van der Waals surface area contributed by atoms with Crippen molar-refractivity contribution in [2.24, 2.45) is 10.8 Å². The number of rotatable bonds is 1. The third kappa shape index (κ3) is 3.46. The molecule has 0 heteroatoms. The third-order valence-corrected chi connectivity index (χ3v) is 3.08. The molecule has 0 nitrogen and oxygen atoms in total. The summed E-state index contributed by atoms with van der Waals surface area (Å²) < 4.78 is 0. The molecule has 1 rings (SSSR count). The second-order valence-corrected chi connectivity index (χ2v) is 6.87. The minimum Gasteiger partial charge on any atom is -0.0622 e. The molecule has 0 unspecified atom stereocenters. The summed E-state index contributed by atoms with van der Waals surface area (Å²) in [5, 5.41) is 0. The summed E-state index contributed by atoms with van der Waals surface area (Å²) in [5.41, 5.74) is 4.71. The van der Waals surface area contributed by atoms with Gasteiger partial charge in [0.25, 0.3) is 0 Å². The van der Waals surface area contributed by atoms with Gasteiger partial charge < -0.3 is 0 Å². The van der Waals surface area contributed by atoms with Gasteiger partial charge in [-0.05, 0) is 28.9 Å². The molecule has 0 heterocycles. The molecule has 0 saturated heterocycles. The molecule has 1 aromatic rings. The number of hydrogen-bond donors (Lipinski definition) is 0. The van der Waals surface area contributed by atoms with E-state index in [1.807, 2.05) is 0 Å². The summed E-state index contributed by atoms with van der Waals surface area (Å²) in [4.78, 5) is 0. The van der Waals surface area contributed by atoms with Crippen LogP contribution in [0.5, 0.6) is 0 Å². The van der Waals surface area contributed by atoms with Gasteiger partial charge in [-0.2, -0.15) is 0 Å². The predicted octanol–water partition coefficient (Wildman–Crippen LogP) is 5.55. The SMILES string of the molecule is CC(=C(C(C)(C)C)C(C)(C)C)c1ccccc1. The molecule has 0 aliphatic carbocycles. The van der Waals surface area contributed by atoms with Crippen LogP contribution in [-0.4, -0.2) is 0 Å².